The van der Waals surface area contributed by atoms with Gasteiger partial charge in [0, 0.05) is 13.1 Å². The molecule has 1 rings (SSSR count). The highest BCUT2D eigenvalue weighted by molar-refractivity contribution is 7.89. The zero-order valence-electron chi connectivity index (χ0n) is 14.4. The van der Waals surface area contributed by atoms with Gasteiger partial charge in [-0.3, -0.25) is 0 Å². The monoisotopic (exact) mass is 341 g/mol. The third-order valence-electron chi connectivity index (χ3n) is 3.74. The lowest BCUT2D eigenvalue weighted by atomic mass is 10.2. The van der Waals surface area contributed by atoms with E-state index in [-0.39, 0.29) is 0 Å². The van der Waals surface area contributed by atoms with Crippen molar-refractivity contribution in [3.05, 3.63) is 29.8 Å². The minimum atomic E-state index is -3.41. The van der Waals surface area contributed by atoms with Gasteiger partial charge in [0.2, 0.25) is 10.0 Å². The van der Waals surface area contributed by atoms with E-state index in [0.29, 0.717) is 18.0 Å². The normalized spacial score (nSPS) is 12.0. The Kier molecular flexibility index (Phi) is 9.40. The number of nitrogens with two attached hydrogens (primary N) is 1. The van der Waals surface area contributed by atoms with Crippen molar-refractivity contribution in [1.82, 2.24) is 9.62 Å². The third-order valence-corrected chi connectivity index (χ3v) is 5.22. The molecule has 132 valence electrons. The van der Waals surface area contributed by atoms with Crippen LogP contribution in [0.25, 0.3) is 0 Å². The van der Waals surface area contributed by atoms with Gasteiger partial charge in [0.05, 0.1) is 4.90 Å². The fraction of sp³-hybridized carbons (Fsp3) is 0.647. The van der Waals surface area contributed by atoms with Crippen LogP contribution in [0.2, 0.25) is 0 Å². The van der Waals surface area contributed by atoms with Gasteiger partial charge in [0.1, 0.15) is 0 Å². The minimum absolute atomic E-state index is 0.299. The van der Waals surface area contributed by atoms with Crippen LogP contribution in [0, 0.1) is 0 Å². The highest BCUT2D eigenvalue weighted by Crippen LogP contribution is 2.10. The van der Waals surface area contributed by atoms with Gasteiger partial charge in [-0.2, -0.15) is 0 Å². The molecule has 0 aliphatic carbocycles. The van der Waals surface area contributed by atoms with Crippen molar-refractivity contribution >= 4 is 10.0 Å². The summed E-state index contributed by atoms with van der Waals surface area (Å²) < 4.78 is 27.0. The first-order valence-electron chi connectivity index (χ1n) is 8.54. The van der Waals surface area contributed by atoms with Gasteiger partial charge >= 0.3 is 0 Å². The predicted molar refractivity (Wildman–Crippen MR) is 95.8 cm³/mol. The number of benzene rings is 1. The Morgan fingerprint density at radius 3 is 2.13 bits per heavy atom. The predicted octanol–water partition coefficient (Wildman–Crippen LogP) is 2.33. The van der Waals surface area contributed by atoms with E-state index < -0.39 is 10.0 Å². The summed E-state index contributed by atoms with van der Waals surface area (Å²) in [5.41, 5.74) is 6.45. The quantitative estimate of drug-likeness (QED) is 0.572. The number of hydrogen-bond donors (Lipinski definition) is 2. The topological polar surface area (TPSA) is 75.4 Å². The molecule has 1 aromatic carbocycles. The molecule has 0 saturated heterocycles. The molecule has 0 amide bonds. The summed E-state index contributed by atoms with van der Waals surface area (Å²) >= 11 is 0. The molecule has 0 spiro atoms. The largest absolute Gasteiger partial charge is 0.326 e. The van der Waals surface area contributed by atoms with Crippen LogP contribution >= 0.6 is 0 Å². The zero-order valence-corrected chi connectivity index (χ0v) is 15.2. The summed E-state index contributed by atoms with van der Waals surface area (Å²) in [6, 6.07) is 6.72. The first-order valence-corrected chi connectivity index (χ1v) is 10.0. The van der Waals surface area contributed by atoms with E-state index in [1.165, 1.54) is 0 Å². The second-order valence-corrected chi connectivity index (χ2v) is 7.56. The molecule has 3 N–H and O–H groups in total. The smallest absolute Gasteiger partial charge is 0.240 e. The number of sulfonamides is 1. The molecule has 0 aliphatic heterocycles. The molecule has 0 unspecified atom stereocenters. The van der Waals surface area contributed by atoms with Crippen molar-refractivity contribution in [3.63, 3.8) is 0 Å². The van der Waals surface area contributed by atoms with Gasteiger partial charge in [-0.25, -0.2) is 13.1 Å². The Bertz CT molecular complexity index is 523. The van der Waals surface area contributed by atoms with Gasteiger partial charge in [-0.15, -0.1) is 0 Å². The van der Waals surface area contributed by atoms with Crippen LogP contribution in [0.15, 0.2) is 29.2 Å². The standard InChI is InChI=1S/C17H31N3O2S/c1-3-12-20(13-4-2)14-6-5-11-19-23(21,22)17-9-7-16(15-18)8-10-17/h7-10,19H,3-6,11-15,18H2,1-2H3. The van der Waals surface area contributed by atoms with Crippen molar-refractivity contribution in [2.45, 2.75) is 51.0 Å². The maximum absolute atomic E-state index is 12.2. The average molecular weight is 342 g/mol. The Balaban J connectivity index is 2.35. The van der Waals surface area contributed by atoms with Crippen molar-refractivity contribution < 1.29 is 8.42 Å². The summed E-state index contributed by atoms with van der Waals surface area (Å²) in [5.74, 6) is 0. The number of nitrogens with one attached hydrogen (secondary N) is 1. The first-order chi connectivity index (χ1) is 11.0. The fourth-order valence-electron chi connectivity index (χ4n) is 2.52. The Morgan fingerprint density at radius 1 is 1.00 bits per heavy atom. The molecule has 0 fully saturated rings. The molecule has 0 radical (unpaired) electrons. The Labute approximate surface area is 141 Å². The average Bonchev–Trinajstić information content (AvgIpc) is 2.55. The first kappa shape index (κ1) is 20.1. The van der Waals surface area contributed by atoms with Gasteiger partial charge < -0.3 is 10.6 Å². The highest BCUT2D eigenvalue weighted by Gasteiger charge is 2.12. The fourth-order valence-corrected chi connectivity index (χ4v) is 3.60. The molecule has 0 aromatic heterocycles. The van der Waals surface area contributed by atoms with Crippen LogP contribution in [0.5, 0.6) is 0 Å². The van der Waals surface area contributed by atoms with Gasteiger partial charge in [0.25, 0.3) is 0 Å². The summed E-state index contributed by atoms with van der Waals surface area (Å²) in [7, 11) is -3.41. The third kappa shape index (κ3) is 7.44. The lowest BCUT2D eigenvalue weighted by molar-refractivity contribution is 0.269. The van der Waals surface area contributed by atoms with E-state index in [2.05, 4.69) is 23.5 Å². The van der Waals surface area contributed by atoms with E-state index in [0.717, 1.165) is 50.9 Å². The molecule has 0 bridgehead atoms. The number of hydrogen-bond acceptors (Lipinski definition) is 4. The van der Waals surface area contributed by atoms with Crippen molar-refractivity contribution in [2.75, 3.05) is 26.2 Å². The molecule has 6 heteroatoms. The Hall–Kier alpha value is -0.950. The number of nitrogens with zero attached hydrogens (tertiary/aromatic N) is 1. The molecule has 5 nitrogen and oxygen atoms in total. The molecule has 0 heterocycles. The number of unbranched alkanes of at least 4 members (excludes halogenated alkanes) is 1. The molecule has 1 aromatic rings. The van der Waals surface area contributed by atoms with Gasteiger partial charge in [-0.1, -0.05) is 26.0 Å². The van der Waals surface area contributed by atoms with Crippen LogP contribution in [-0.2, 0) is 16.6 Å². The van der Waals surface area contributed by atoms with Crippen molar-refractivity contribution in [1.29, 1.82) is 0 Å². The van der Waals surface area contributed by atoms with Crippen LogP contribution in [-0.4, -0.2) is 39.5 Å². The molecule has 0 aliphatic rings. The van der Waals surface area contributed by atoms with Gasteiger partial charge in [-0.05, 0) is 63.0 Å². The highest BCUT2D eigenvalue weighted by atomic mass is 32.2. The van der Waals surface area contributed by atoms with Crippen LogP contribution in [0.1, 0.15) is 45.1 Å². The van der Waals surface area contributed by atoms with E-state index in [4.69, 9.17) is 5.73 Å². The molecular formula is C17H31N3O2S. The minimum Gasteiger partial charge on any atom is -0.326 e. The second-order valence-electron chi connectivity index (χ2n) is 5.79. The summed E-state index contributed by atoms with van der Waals surface area (Å²) in [4.78, 5) is 2.74. The maximum atomic E-state index is 12.2. The van der Waals surface area contributed by atoms with E-state index in [9.17, 15) is 8.42 Å². The van der Waals surface area contributed by atoms with Crippen LogP contribution in [0.3, 0.4) is 0 Å². The zero-order chi connectivity index (χ0) is 17.1. The summed E-state index contributed by atoms with van der Waals surface area (Å²) in [6.45, 7) is 8.54. The maximum Gasteiger partial charge on any atom is 0.240 e. The summed E-state index contributed by atoms with van der Waals surface area (Å²) in [5, 5.41) is 0. The lowest BCUT2D eigenvalue weighted by Crippen LogP contribution is -2.28. The van der Waals surface area contributed by atoms with E-state index in [1.807, 2.05) is 0 Å². The van der Waals surface area contributed by atoms with E-state index in [1.54, 1.807) is 24.3 Å². The van der Waals surface area contributed by atoms with Crippen LogP contribution < -0.4 is 10.5 Å². The van der Waals surface area contributed by atoms with Crippen molar-refractivity contribution in [3.8, 4) is 0 Å². The molecule has 0 saturated carbocycles. The SMILES string of the molecule is CCCN(CCC)CCCCNS(=O)(=O)c1ccc(CN)cc1. The van der Waals surface area contributed by atoms with Crippen molar-refractivity contribution in [2.24, 2.45) is 5.73 Å². The number of rotatable bonds is 12. The Morgan fingerprint density at radius 2 is 1.61 bits per heavy atom. The van der Waals surface area contributed by atoms with Gasteiger partial charge in [0.15, 0.2) is 0 Å². The lowest BCUT2D eigenvalue weighted by Gasteiger charge is -2.20. The van der Waals surface area contributed by atoms with E-state index >= 15 is 0 Å². The van der Waals surface area contributed by atoms with Crippen LogP contribution in [0.4, 0.5) is 0 Å². The molecule has 23 heavy (non-hydrogen) atoms. The molecule has 0 atom stereocenters. The molecular weight excluding hydrogens is 310 g/mol. The second kappa shape index (κ2) is 10.8. The summed E-state index contributed by atoms with van der Waals surface area (Å²) in [6.07, 6.45) is 4.18.